The summed E-state index contributed by atoms with van der Waals surface area (Å²) in [6, 6.07) is 6.99. The smallest absolute Gasteiger partial charge is 0.257 e. The van der Waals surface area contributed by atoms with Crippen molar-refractivity contribution in [2.24, 2.45) is 5.92 Å². The molecule has 3 nitrogen and oxygen atoms in total. The van der Waals surface area contributed by atoms with Crippen LogP contribution in [0.1, 0.15) is 39.7 Å². The van der Waals surface area contributed by atoms with Crippen molar-refractivity contribution in [2.75, 3.05) is 5.32 Å². The Labute approximate surface area is 148 Å². The average Bonchev–Trinajstić information content (AvgIpc) is 2.85. The van der Waals surface area contributed by atoms with Crippen molar-refractivity contribution < 1.29 is 4.79 Å². The van der Waals surface area contributed by atoms with Crippen LogP contribution < -0.4 is 5.32 Å². The van der Waals surface area contributed by atoms with Crippen LogP contribution in [-0.2, 0) is 12.8 Å². The van der Waals surface area contributed by atoms with Gasteiger partial charge in [-0.15, -0.1) is 11.3 Å². The lowest BCUT2D eigenvalue weighted by atomic mass is 9.88. The minimum atomic E-state index is -0.347. The zero-order valence-electron chi connectivity index (χ0n) is 12.5. The number of rotatable bonds is 2. The molecule has 0 fully saturated rings. The van der Waals surface area contributed by atoms with E-state index in [1.165, 1.54) is 22.3 Å². The summed E-state index contributed by atoms with van der Waals surface area (Å²) in [7, 11) is 0. The predicted molar refractivity (Wildman–Crippen MR) is 94.6 cm³/mol. The van der Waals surface area contributed by atoms with Crippen molar-refractivity contribution >= 4 is 45.4 Å². The van der Waals surface area contributed by atoms with E-state index in [1.807, 2.05) is 0 Å². The molecule has 118 valence electrons. The minimum Gasteiger partial charge on any atom is -0.312 e. The minimum absolute atomic E-state index is 0.308. The van der Waals surface area contributed by atoms with E-state index in [2.05, 4.69) is 18.3 Å². The van der Waals surface area contributed by atoms with Gasteiger partial charge in [-0.1, -0.05) is 30.1 Å². The molecule has 0 radical (unpaired) electrons. The van der Waals surface area contributed by atoms with Crippen LogP contribution in [0.4, 0.5) is 5.00 Å². The molecule has 0 bridgehead atoms. The zero-order chi connectivity index (χ0) is 16.6. The number of benzene rings is 1. The monoisotopic (exact) mass is 364 g/mol. The van der Waals surface area contributed by atoms with Gasteiger partial charge in [0.05, 0.1) is 16.1 Å². The number of carbonyl (C=O) groups excluding carboxylic acids is 1. The Morgan fingerprint density at radius 1 is 1.43 bits per heavy atom. The first-order valence-electron chi connectivity index (χ1n) is 7.30. The standard InChI is InChI=1S/C17H14Cl2N2OS/c1-9-2-4-11-13(8-20)17(23-15(11)6-9)21-16(22)12-7-10(18)3-5-14(12)19/h3,5,7,9H,2,4,6H2,1H3,(H,21,22)/t9-/m1/s1. The zero-order valence-corrected chi connectivity index (χ0v) is 14.8. The first-order valence-corrected chi connectivity index (χ1v) is 8.88. The molecule has 1 heterocycles. The van der Waals surface area contributed by atoms with Crippen molar-refractivity contribution in [2.45, 2.75) is 26.2 Å². The van der Waals surface area contributed by atoms with Gasteiger partial charge in [-0.25, -0.2) is 0 Å². The van der Waals surface area contributed by atoms with Crippen LogP contribution in [0.5, 0.6) is 0 Å². The maximum absolute atomic E-state index is 12.5. The summed E-state index contributed by atoms with van der Waals surface area (Å²) in [6.45, 7) is 2.21. The first-order chi connectivity index (χ1) is 11.0. The van der Waals surface area contributed by atoms with E-state index in [1.54, 1.807) is 12.1 Å². The summed E-state index contributed by atoms with van der Waals surface area (Å²) in [5, 5.41) is 13.7. The van der Waals surface area contributed by atoms with Gasteiger partial charge in [0.2, 0.25) is 0 Å². The number of nitriles is 1. The number of carbonyl (C=O) groups is 1. The molecular formula is C17H14Cl2N2OS. The number of thiophene rings is 1. The highest BCUT2D eigenvalue weighted by Crippen LogP contribution is 2.39. The normalized spacial score (nSPS) is 16.5. The SMILES string of the molecule is C[C@@H]1CCc2c(sc(NC(=O)c3cc(Cl)ccc3Cl)c2C#N)C1. The fourth-order valence-corrected chi connectivity index (χ4v) is 4.53. The Morgan fingerprint density at radius 3 is 2.96 bits per heavy atom. The number of halogens is 2. The fourth-order valence-electron chi connectivity index (χ4n) is 2.80. The molecule has 1 N–H and O–H groups in total. The van der Waals surface area contributed by atoms with Gasteiger partial charge in [-0.05, 0) is 48.9 Å². The van der Waals surface area contributed by atoms with Crippen LogP contribution >= 0.6 is 34.5 Å². The molecule has 0 aliphatic heterocycles. The molecule has 0 saturated carbocycles. The Bertz CT molecular complexity index is 823. The lowest BCUT2D eigenvalue weighted by Gasteiger charge is -2.17. The molecule has 0 spiro atoms. The second-order valence-corrected chi connectivity index (χ2v) is 7.69. The van der Waals surface area contributed by atoms with E-state index >= 15 is 0 Å². The maximum Gasteiger partial charge on any atom is 0.257 e. The highest BCUT2D eigenvalue weighted by Gasteiger charge is 2.25. The Balaban J connectivity index is 1.93. The van der Waals surface area contributed by atoms with Gasteiger partial charge in [-0.3, -0.25) is 4.79 Å². The first kappa shape index (κ1) is 16.3. The molecule has 3 rings (SSSR count). The van der Waals surface area contributed by atoms with Gasteiger partial charge < -0.3 is 5.32 Å². The molecule has 0 saturated heterocycles. The fraction of sp³-hybridized carbons (Fsp3) is 0.294. The topological polar surface area (TPSA) is 52.9 Å². The summed E-state index contributed by atoms with van der Waals surface area (Å²) in [4.78, 5) is 13.7. The Kier molecular flexibility index (Phi) is 4.63. The van der Waals surface area contributed by atoms with Crippen molar-refractivity contribution in [1.29, 1.82) is 5.26 Å². The Hall–Kier alpha value is -1.54. The van der Waals surface area contributed by atoms with Crippen molar-refractivity contribution in [3.05, 3.63) is 49.8 Å². The molecule has 1 aromatic heterocycles. The van der Waals surface area contributed by atoms with Crippen LogP contribution in [0.3, 0.4) is 0 Å². The van der Waals surface area contributed by atoms with Gasteiger partial charge in [0.1, 0.15) is 11.1 Å². The summed E-state index contributed by atoms with van der Waals surface area (Å²) in [5.74, 6) is 0.263. The Morgan fingerprint density at radius 2 is 2.22 bits per heavy atom. The van der Waals surface area contributed by atoms with Crippen molar-refractivity contribution in [1.82, 2.24) is 0 Å². The number of hydrogen-bond acceptors (Lipinski definition) is 3. The van der Waals surface area contributed by atoms with E-state index in [4.69, 9.17) is 23.2 Å². The summed E-state index contributed by atoms with van der Waals surface area (Å²) < 4.78 is 0. The van der Waals surface area contributed by atoms with Gasteiger partial charge in [0.15, 0.2) is 0 Å². The number of amides is 1. The predicted octanol–water partition coefficient (Wildman–Crippen LogP) is 5.30. The van der Waals surface area contributed by atoms with Gasteiger partial charge in [0.25, 0.3) is 5.91 Å². The third-order valence-electron chi connectivity index (χ3n) is 4.02. The quantitative estimate of drug-likeness (QED) is 0.785. The summed E-state index contributed by atoms with van der Waals surface area (Å²) >= 11 is 13.5. The maximum atomic E-state index is 12.5. The lowest BCUT2D eigenvalue weighted by Crippen LogP contribution is -2.12. The number of fused-ring (bicyclic) bond motifs is 1. The van der Waals surface area contributed by atoms with E-state index in [-0.39, 0.29) is 5.91 Å². The highest BCUT2D eigenvalue weighted by atomic mass is 35.5. The molecule has 1 aromatic carbocycles. The van der Waals surface area contributed by atoms with Gasteiger partial charge >= 0.3 is 0 Å². The number of hydrogen-bond donors (Lipinski definition) is 1. The van der Waals surface area contributed by atoms with Crippen LogP contribution in [0, 0.1) is 17.2 Å². The second-order valence-electron chi connectivity index (χ2n) is 5.75. The number of anilines is 1. The van der Waals surface area contributed by atoms with Crippen LogP contribution in [0.15, 0.2) is 18.2 Å². The largest absolute Gasteiger partial charge is 0.312 e. The van der Waals surface area contributed by atoms with E-state index in [9.17, 15) is 10.1 Å². The van der Waals surface area contributed by atoms with E-state index < -0.39 is 0 Å². The van der Waals surface area contributed by atoms with Crippen LogP contribution in [0.25, 0.3) is 0 Å². The summed E-state index contributed by atoms with van der Waals surface area (Å²) in [6.07, 6.45) is 2.93. The molecule has 1 atom stereocenters. The number of nitrogens with zero attached hydrogens (tertiary/aromatic N) is 1. The molecule has 0 unspecified atom stereocenters. The van der Waals surface area contributed by atoms with Gasteiger partial charge in [0, 0.05) is 9.90 Å². The third kappa shape index (κ3) is 3.23. The number of nitrogens with one attached hydrogen (secondary N) is 1. The highest BCUT2D eigenvalue weighted by molar-refractivity contribution is 7.16. The molecule has 23 heavy (non-hydrogen) atoms. The second kappa shape index (κ2) is 6.52. The van der Waals surface area contributed by atoms with E-state index in [0.717, 1.165) is 24.8 Å². The molecule has 6 heteroatoms. The van der Waals surface area contributed by atoms with Crippen molar-refractivity contribution in [3.8, 4) is 6.07 Å². The molecule has 1 aliphatic carbocycles. The lowest BCUT2D eigenvalue weighted by molar-refractivity contribution is 0.102. The molecule has 1 amide bonds. The van der Waals surface area contributed by atoms with Crippen LogP contribution in [0.2, 0.25) is 10.0 Å². The third-order valence-corrected chi connectivity index (χ3v) is 5.76. The average molecular weight is 365 g/mol. The molecular weight excluding hydrogens is 351 g/mol. The van der Waals surface area contributed by atoms with E-state index in [0.29, 0.717) is 32.1 Å². The van der Waals surface area contributed by atoms with Crippen molar-refractivity contribution in [3.63, 3.8) is 0 Å². The molecule has 1 aliphatic rings. The molecule has 2 aromatic rings. The van der Waals surface area contributed by atoms with Gasteiger partial charge in [-0.2, -0.15) is 5.26 Å². The summed E-state index contributed by atoms with van der Waals surface area (Å²) in [5.41, 5.74) is 1.98. The van der Waals surface area contributed by atoms with Crippen LogP contribution in [-0.4, -0.2) is 5.91 Å².